The highest BCUT2D eigenvalue weighted by atomic mass is 32.2. The summed E-state index contributed by atoms with van der Waals surface area (Å²) in [5.74, 6) is -0.834. The first kappa shape index (κ1) is 19.7. The first-order valence-corrected chi connectivity index (χ1v) is 9.62. The second kappa shape index (κ2) is 8.20. The zero-order chi connectivity index (χ0) is 19.3. The number of sulfonamides is 1. The van der Waals surface area contributed by atoms with Gasteiger partial charge in [0, 0.05) is 12.5 Å². The van der Waals surface area contributed by atoms with E-state index in [0.29, 0.717) is 19.4 Å². The van der Waals surface area contributed by atoms with Crippen LogP contribution < -0.4 is 10.5 Å². The molecule has 0 aliphatic carbocycles. The van der Waals surface area contributed by atoms with E-state index in [9.17, 15) is 23.4 Å². The summed E-state index contributed by atoms with van der Waals surface area (Å²) >= 11 is 0. The highest BCUT2D eigenvalue weighted by Gasteiger charge is 2.14. The minimum Gasteiger partial charge on any atom is -0.504 e. The molecule has 0 radical (unpaired) electrons. The van der Waals surface area contributed by atoms with Gasteiger partial charge in [0.05, 0.1) is 4.90 Å². The fraction of sp³-hybridized carbons (Fsp3) is 0.278. The van der Waals surface area contributed by atoms with Crippen molar-refractivity contribution in [2.24, 2.45) is 11.1 Å². The average molecular weight is 378 g/mol. The first-order chi connectivity index (χ1) is 12.2. The molecule has 0 fully saturated rings. The summed E-state index contributed by atoms with van der Waals surface area (Å²) in [6, 6.07) is 10.7. The second-order valence-corrected chi connectivity index (χ2v) is 7.72. The smallest absolute Gasteiger partial charge is 0.238 e. The molecule has 5 N–H and O–H groups in total. The monoisotopic (exact) mass is 378 g/mol. The van der Waals surface area contributed by atoms with Crippen LogP contribution in [0.4, 0.5) is 0 Å². The van der Waals surface area contributed by atoms with Gasteiger partial charge >= 0.3 is 0 Å². The molecule has 2 aromatic carbocycles. The number of primary sulfonamides is 1. The molecule has 1 unspecified atom stereocenters. The summed E-state index contributed by atoms with van der Waals surface area (Å²) in [4.78, 5) is 12.2. The molecule has 7 nitrogen and oxygen atoms in total. The quantitative estimate of drug-likeness (QED) is 0.539. The van der Waals surface area contributed by atoms with Crippen LogP contribution in [-0.2, 0) is 27.7 Å². The highest BCUT2D eigenvalue weighted by Crippen LogP contribution is 2.26. The van der Waals surface area contributed by atoms with E-state index in [-0.39, 0.29) is 28.2 Å². The minimum absolute atomic E-state index is 0.0519. The number of phenols is 2. The average Bonchev–Trinajstić information content (AvgIpc) is 2.57. The number of amides is 1. The number of hydrogen-bond acceptors (Lipinski definition) is 5. The highest BCUT2D eigenvalue weighted by molar-refractivity contribution is 7.89. The molecule has 0 saturated heterocycles. The Morgan fingerprint density at radius 2 is 1.69 bits per heavy atom. The van der Waals surface area contributed by atoms with Crippen molar-refractivity contribution in [3.63, 3.8) is 0 Å². The van der Waals surface area contributed by atoms with Gasteiger partial charge in [0.1, 0.15) is 0 Å². The maximum Gasteiger partial charge on any atom is 0.238 e. The number of hydrogen-bond donors (Lipinski definition) is 4. The summed E-state index contributed by atoms with van der Waals surface area (Å²) in [5.41, 5.74) is 1.63. The third kappa shape index (κ3) is 5.47. The van der Waals surface area contributed by atoms with Crippen molar-refractivity contribution in [3.05, 3.63) is 53.6 Å². The molecular formula is C18H22N2O5S. The van der Waals surface area contributed by atoms with Crippen LogP contribution in [0.2, 0.25) is 0 Å². The Labute approximate surface area is 152 Å². The van der Waals surface area contributed by atoms with Crippen LogP contribution in [0.1, 0.15) is 18.1 Å². The summed E-state index contributed by atoms with van der Waals surface area (Å²) < 4.78 is 22.4. The number of rotatable bonds is 7. The summed E-state index contributed by atoms with van der Waals surface area (Å²) in [7, 11) is -3.70. The Balaban J connectivity index is 1.83. The van der Waals surface area contributed by atoms with Crippen molar-refractivity contribution < 1.29 is 23.4 Å². The number of carbonyl (C=O) groups is 1. The number of phenolic OH excluding ortho intramolecular Hbond substituents is 2. The number of benzene rings is 2. The number of nitrogens with one attached hydrogen (secondary N) is 1. The molecule has 0 heterocycles. The topological polar surface area (TPSA) is 130 Å². The standard InChI is InChI=1S/C18H22N2O5S/c1-12(10-14-4-7-16(21)17(22)11-14)18(23)20-9-8-13-2-5-15(6-3-13)26(19,24)25/h2-7,11-12,21-22H,8-10H2,1H3,(H,20,23)(H2,19,24,25). The van der Waals surface area contributed by atoms with E-state index < -0.39 is 10.0 Å². The maximum absolute atomic E-state index is 12.2. The van der Waals surface area contributed by atoms with Crippen molar-refractivity contribution >= 4 is 15.9 Å². The van der Waals surface area contributed by atoms with Crippen LogP contribution in [0.3, 0.4) is 0 Å². The fourth-order valence-corrected chi connectivity index (χ4v) is 3.01. The van der Waals surface area contributed by atoms with Gasteiger partial charge in [0.2, 0.25) is 15.9 Å². The molecule has 1 amide bonds. The van der Waals surface area contributed by atoms with Gasteiger partial charge in [-0.2, -0.15) is 0 Å². The van der Waals surface area contributed by atoms with Gasteiger partial charge in [-0.25, -0.2) is 13.6 Å². The van der Waals surface area contributed by atoms with Gasteiger partial charge in [-0.05, 0) is 48.2 Å². The van der Waals surface area contributed by atoms with Crippen molar-refractivity contribution in [2.45, 2.75) is 24.7 Å². The Morgan fingerprint density at radius 3 is 2.27 bits per heavy atom. The molecule has 8 heteroatoms. The Bertz CT molecular complexity index is 879. The molecule has 0 aromatic heterocycles. The lowest BCUT2D eigenvalue weighted by Gasteiger charge is -2.13. The van der Waals surface area contributed by atoms with Crippen molar-refractivity contribution in [1.82, 2.24) is 5.32 Å². The molecule has 0 bridgehead atoms. The van der Waals surface area contributed by atoms with Gasteiger partial charge in [0.25, 0.3) is 0 Å². The molecule has 0 spiro atoms. The lowest BCUT2D eigenvalue weighted by Crippen LogP contribution is -2.31. The largest absolute Gasteiger partial charge is 0.504 e. The van der Waals surface area contributed by atoms with E-state index in [1.165, 1.54) is 24.3 Å². The SMILES string of the molecule is CC(Cc1ccc(O)c(O)c1)C(=O)NCCc1ccc(S(N)(=O)=O)cc1. The van der Waals surface area contributed by atoms with Crippen molar-refractivity contribution in [1.29, 1.82) is 0 Å². The van der Waals surface area contributed by atoms with Gasteiger partial charge in [-0.15, -0.1) is 0 Å². The zero-order valence-electron chi connectivity index (χ0n) is 14.3. The number of carbonyl (C=O) groups excluding carboxylic acids is 1. The van der Waals surface area contributed by atoms with Crippen LogP contribution in [0.5, 0.6) is 11.5 Å². The summed E-state index contributed by atoms with van der Waals surface area (Å²) in [5, 5.41) is 26.7. The van der Waals surface area contributed by atoms with E-state index in [1.54, 1.807) is 25.1 Å². The van der Waals surface area contributed by atoms with E-state index in [2.05, 4.69) is 5.32 Å². The number of nitrogens with two attached hydrogens (primary N) is 1. The first-order valence-electron chi connectivity index (χ1n) is 8.07. The van der Waals surface area contributed by atoms with Crippen molar-refractivity contribution in [3.8, 4) is 11.5 Å². The summed E-state index contributed by atoms with van der Waals surface area (Å²) in [6.45, 7) is 2.19. The second-order valence-electron chi connectivity index (χ2n) is 6.16. The molecule has 0 saturated carbocycles. The number of aromatic hydroxyl groups is 2. The Kier molecular flexibility index (Phi) is 6.23. The summed E-state index contributed by atoms with van der Waals surface area (Å²) in [6.07, 6.45) is 0.992. The third-order valence-electron chi connectivity index (χ3n) is 3.99. The lowest BCUT2D eigenvalue weighted by molar-refractivity contribution is -0.124. The molecule has 0 aliphatic heterocycles. The van der Waals surface area contributed by atoms with Crippen LogP contribution in [0.15, 0.2) is 47.4 Å². The molecule has 2 aromatic rings. The molecule has 2 rings (SSSR count). The minimum atomic E-state index is -3.70. The molecule has 26 heavy (non-hydrogen) atoms. The molecule has 1 atom stereocenters. The zero-order valence-corrected chi connectivity index (χ0v) is 15.2. The van der Waals surface area contributed by atoms with Gasteiger partial charge < -0.3 is 15.5 Å². The Morgan fingerprint density at radius 1 is 1.08 bits per heavy atom. The van der Waals surface area contributed by atoms with Crippen molar-refractivity contribution in [2.75, 3.05) is 6.54 Å². The third-order valence-corrected chi connectivity index (χ3v) is 4.92. The van der Waals surface area contributed by atoms with Gasteiger partial charge in [-0.3, -0.25) is 4.79 Å². The van der Waals surface area contributed by atoms with E-state index in [1.807, 2.05) is 0 Å². The van der Waals surface area contributed by atoms with Crippen LogP contribution >= 0.6 is 0 Å². The van der Waals surface area contributed by atoms with Gasteiger partial charge in [-0.1, -0.05) is 25.1 Å². The van der Waals surface area contributed by atoms with E-state index >= 15 is 0 Å². The molecule has 0 aliphatic rings. The van der Waals surface area contributed by atoms with Crippen LogP contribution in [0.25, 0.3) is 0 Å². The van der Waals surface area contributed by atoms with Gasteiger partial charge in [0.15, 0.2) is 11.5 Å². The normalized spacial score (nSPS) is 12.5. The maximum atomic E-state index is 12.2. The lowest BCUT2D eigenvalue weighted by atomic mass is 10.00. The van der Waals surface area contributed by atoms with Crippen LogP contribution in [-0.4, -0.2) is 31.1 Å². The molecular weight excluding hydrogens is 356 g/mol. The Hall–Kier alpha value is -2.58. The van der Waals surface area contributed by atoms with Crippen LogP contribution in [0, 0.1) is 5.92 Å². The van der Waals surface area contributed by atoms with E-state index in [0.717, 1.165) is 11.1 Å². The predicted octanol–water partition coefficient (Wildman–Crippen LogP) is 1.28. The van der Waals surface area contributed by atoms with E-state index in [4.69, 9.17) is 5.14 Å². The predicted molar refractivity (Wildman–Crippen MR) is 97.2 cm³/mol. The molecule has 140 valence electrons. The fourth-order valence-electron chi connectivity index (χ4n) is 2.49.